The van der Waals surface area contributed by atoms with Gasteiger partial charge in [0, 0.05) is 36.2 Å². The van der Waals surface area contributed by atoms with Crippen molar-refractivity contribution in [3.05, 3.63) is 66.7 Å². The van der Waals surface area contributed by atoms with Crippen LogP contribution in [0.5, 0.6) is 5.75 Å². The van der Waals surface area contributed by atoms with E-state index < -0.39 is 22.1 Å². The van der Waals surface area contributed by atoms with E-state index >= 15 is 0 Å². The van der Waals surface area contributed by atoms with Gasteiger partial charge >= 0.3 is 6.03 Å². The summed E-state index contributed by atoms with van der Waals surface area (Å²) in [6.45, 7) is 4.97. The number of nitrogens with one attached hydrogen (secondary N) is 3. The fourth-order valence-electron chi connectivity index (χ4n) is 5.00. The highest BCUT2D eigenvalue weighted by Gasteiger charge is 2.29. The molecule has 3 N–H and O–H groups in total. The van der Waals surface area contributed by atoms with Gasteiger partial charge in [-0.25, -0.2) is 17.9 Å². The van der Waals surface area contributed by atoms with Crippen molar-refractivity contribution < 1.29 is 17.9 Å². The number of nitrogens with zero attached hydrogens (tertiary/aromatic N) is 1. The van der Waals surface area contributed by atoms with Gasteiger partial charge in [-0.1, -0.05) is 42.8 Å². The quantitative estimate of drug-likeness (QED) is 0.381. The summed E-state index contributed by atoms with van der Waals surface area (Å²) >= 11 is 0. The summed E-state index contributed by atoms with van der Waals surface area (Å²) in [6, 6.07) is 19.6. The first-order chi connectivity index (χ1) is 17.8. The minimum absolute atomic E-state index is 0.0670. The minimum Gasteiger partial charge on any atom is -0.497 e. The number of methoxy groups -OCH3 is 1. The summed E-state index contributed by atoms with van der Waals surface area (Å²) in [5.74, 6) is 0.694. The molecule has 3 aromatic rings. The molecule has 0 aliphatic carbocycles. The van der Waals surface area contributed by atoms with Crippen LogP contribution in [0, 0.1) is 0 Å². The number of ether oxygens (including phenoxy) is 1. The number of rotatable bonds is 9. The van der Waals surface area contributed by atoms with Crippen molar-refractivity contribution >= 4 is 32.5 Å². The van der Waals surface area contributed by atoms with Crippen LogP contribution < -0.4 is 20.1 Å². The summed E-state index contributed by atoms with van der Waals surface area (Å²) < 4.78 is 34.6. The third-order valence-corrected chi connectivity index (χ3v) is 8.53. The first-order valence-electron chi connectivity index (χ1n) is 12.7. The van der Waals surface area contributed by atoms with E-state index in [4.69, 9.17) is 4.74 Å². The maximum Gasteiger partial charge on any atom is 0.319 e. The van der Waals surface area contributed by atoms with Crippen LogP contribution >= 0.6 is 0 Å². The molecule has 1 saturated heterocycles. The van der Waals surface area contributed by atoms with Gasteiger partial charge in [-0.3, -0.25) is 4.90 Å². The molecule has 3 aromatic carbocycles. The number of likely N-dealkylation sites (tertiary alicyclic amines) is 1. The van der Waals surface area contributed by atoms with Crippen molar-refractivity contribution in [3.63, 3.8) is 0 Å². The molecule has 0 spiro atoms. The normalized spacial score (nSPS) is 19.3. The van der Waals surface area contributed by atoms with E-state index in [0.717, 1.165) is 18.2 Å². The van der Waals surface area contributed by atoms with Crippen LogP contribution in [0.15, 0.2) is 71.6 Å². The van der Waals surface area contributed by atoms with Crippen LogP contribution in [-0.2, 0) is 10.0 Å². The summed E-state index contributed by atoms with van der Waals surface area (Å²) in [5, 5.41) is 7.35. The number of hydrogen-bond acceptors (Lipinski definition) is 5. The van der Waals surface area contributed by atoms with Crippen LogP contribution in [0.1, 0.15) is 33.1 Å². The lowest BCUT2D eigenvalue weighted by atomic mass is 9.97. The Labute approximate surface area is 219 Å². The van der Waals surface area contributed by atoms with Gasteiger partial charge in [-0.2, -0.15) is 0 Å². The van der Waals surface area contributed by atoms with Gasteiger partial charge in [0.15, 0.2) is 0 Å². The topological polar surface area (TPSA) is 99.8 Å². The maximum absolute atomic E-state index is 13.3. The fraction of sp³-hybridized carbons (Fsp3) is 0.393. The van der Waals surface area contributed by atoms with Gasteiger partial charge in [-0.05, 0) is 62.4 Å². The Morgan fingerprint density at radius 1 is 1.00 bits per heavy atom. The lowest BCUT2D eigenvalue weighted by Gasteiger charge is -2.41. The molecule has 198 valence electrons. The Morgan fingerprint density at radius 2 is 1.68 bits per heavy atom. The first-order valence-corrected chi connectivity index (χ1v) is 14.2. The average molecular weight is 525 g/mol. The highest BCUT2D eigenvalue weighted by Crippen LogP contribution is 2.24. The highest BCUT2D eigenvalue weighted by molar-refractivity contribution is 7.89. The number of hydrogen-bond donors (Lipinski definition) is 3. The van der Waals surface area contributed by atoms with Crippen LogP contribution in [-0.4, -0.2) is 57.7 Å². The molecule has 0 unspecified atom stereocenters. The lowest BCUT2D eigenvalue weighted by Crippen LogP contribution is -2.55. The molecule has 1 heterocycles. The molecule has 1 aliphatic heterocycles. The Hall–Kier alpha value is -3.14. The van der Waals surface area contributed by atoms with Gasteiger partial charge in [0.1, 0.15) is 5.75 Å². The Balaban J connectivity index is 1.50. The van der Waals surface area contributed by atoms with Crippen molar-refractivity contribution in [1.82, 2.24) is 14.9 Å². The second-order valence-corrected chi connectivity index (χ2v) is 11.4. The van der Waals surface area contributed by atoms with Crippen LogP contribution in [0.2, 0.25) is 0 Å². The number of piperidine rings is 1. The number of carbonyl (C=O) groups excluding carboxylic acids is 1. The van der Waals surface area contributed by atoms with E-state index in [-0.39, 0.29) is 11.4 Å². The molecule has 3 atom stereocenters. The number of urea groups is 1. The van der Waals surface area contributed by atoms with Crippen LogP contribution in [0.25, 0.3) is 10.8 Å². The lowest BCUT2D eigenvalue weighted by molar-refractivity contribution is 0.0928. The largest absolute Gasteiger partial charge is 0.497 e. The molecule has 8 nitrogen and oxygen atoms in total. The number of anilines is 1. The molecule has 0 aromatic heterocycles. The number of amides is 2. The maximum atomic E-state index is 13.3. The predicted molar refractivity (Wildman–Crippen MR) is 148 cm³/mol. The molecule has 0 bridgehead atoms. The van der Waals surface area contributed by atoms with Gasteiger partial charge in [-0.15, -0.1) is 0 Å². The van der Waals surface area contributed by atoms with E-state index in [2.05, 4.69) is 34.1 Å². The van der Waals surface area contributed by atoms with Crippen LogP contribution in [0.4, 0.5) is 10.5 Å². The minimum atomic E-state index is -3.81. The zero-order valence-corrected chi connectivity index (χ0v) is 22.4. The van der Waals surface area contributed by atoms with E-state index in [9.17, 15) is 13.2 Å². The van der Waals surface area contributed by atoms with Crippen molar-refractivity contribution in [3.8, 4) is 5.75 Å². The van der Waals surface area contributed by atoms with Crippen molar-refractivity contribution in [2.75, 3.05) is 25.5 Å². The van der Waals surface area contributed by atoms with E-state index in [1.165, 1.54) is 6.42 Å². The molecule has 9 heteroatoms. The fourth-order valence-corrected chi connectivity index (χ4v) is 6.30. The Morgan fingerprint density at radius 3 is 2.38 bits per heavy atom. The summed E-state index contributed by atoms with van der Waals surface area (Å²) in [4.78, 5) is 15.5. The standard InChI is InChI=1S/C28H36N4O4S/c1-20-8-6-9-21(2)32(20)19-24(31-28(33)30-23-14-16-25(36-3)17-15-23)18-29-37(34,35)27-13-7-11-22-10-4-5-12-26(22)27/h4-5,7,10-17,20-21,24,29H,6,8-9,18-19H2,1-3H3,(H2,30,31,33)/t20-,21+,24-/m0/s1. The SMILES string of the molecule is COc1ccc(NC(=O)N[C@@H](CNS(=O)(=O)c2cccc3ccccc23)CN2[C@H](C)CCC[C@@H]2C)cc1. The Bertz CT molecular complexity index is 1300. The number of sulfonamides is 1. The van der Waals surface area contributed by atoms with E-state index in [1.54, 1.807) is 49.6 Å². The third-order valence-electron chi connectivity index (χ3n) is 7.05. The van der Waals surface area contributed by atoms with E-state index in [1.807, 2.05) is 24.3 Å². The summed E-state index contributed by atoms with van der Waals surface area (Å²) in [7, 11) is -2.22. The molecule has 37 heavy (non-hydrogen) atoms. The second kappa shape index (κ2) is 11.9. The molecule has 0 radical (unpaired) electrons. The average Bonchev–Trinajstić information content (AvgIpc) is 2.89. The van der Waals surface area contributed by atoms with Crippen LogP contribution in [0.3, 0.4) is 0 Å². The van der Waals surface area contributed by atoms with Crippen molar-refractivity contribution in [1.29, 1.82) is 0 Å². The Kier molecular flexibility index (Phi) is 8.68. The smallest absolute Gasteiger partial charge is 0.319 e. The molecular formula is C28H36N4O4S. The van der Waals surface area contributed by atoms with Gasteiger partial charge in [0.05, 0.1) is 18.0 Å². The van der Waals surface area contributed by atoms with E-state index in [0.29, 0.717) is 35.5 Å². The first kappa shape index (κ1) is 26.9. The van der Waals surface area contributed by atoms with Gasteiger partial charge < -0.3 is 15.4 Å². The molecule has 2 amide bonds. The molecular weight excluding hydrogens is 488 g/mol. The predicted octanol–water partition coefficient (Wildman–Crippen LogP) is 4.58. The molecule has 4 rings (SSSR count). The van der Waals surface area contributed by atoms with Crippen molar-refractivity contribution in [2.24, 2.45) is 0 Å². The highest BCUT2D eigenvalue weighted by atomic mass is 32.2. The number of fused-ring (bicyclic) bond motifs is 1. The summed E-state index contributed by atoms with van der Waals surface area (Å²) in [6.07, 6.45) is 3.33. The number of benzene rings is 3. The van der Waals surface area contributed by atoms with Gasteiger partial charge in [0.2, 0.25) is 10.0 Å². The monoisotopic (exact) mass is 524 g/mol. The third kappa shape index (κ3) is 6.80. The molecule has 1 fully saturated rings. The second-order valence-electron chi connectivity index (χ2n) is 9.68. The number of carbonyl (C=O) groups is 1. The zero-order chi connectivity index (χ0) is 26.4. The van der Waals surface area contributed by atoms with Gasteiger partial charge in [0.25, 0.3) is 0 Å². The van der Waals surface area contributed by atoms with Crippen molar-refractivity contribution in [2.45, 2.75) is 56.1 Å². The molecule has 1 aliphatic rings. The molecule has 0 saturated carbocycles. The summed E-state index contributed by atoms with van der Waals surface area (Å²) in [5.41, 5.74) is 0.619. The zero-order valence-electron chi connectivity index (χ0n) is 21.6.